The number of halogens is 2. The molecule has 1 aromatic carbocycles. The molecule has 0 spiro atoms. The molecule has 1 aromatic heterocycles. The number of hydrogen-bond donors (Lipinski definition) is 1. The predicted octanol–water partition coefficient (Wildman–Crippen LogP) is 2.76. The molecular formula is C12H12ClFN4O. The van der Waals surface area contributed by atoms with E-state index < -0.39 is 5.82 Å². The lowest BCUT2D eigenvalue weighted by Gasteiger charge is -2.33. The number of tetrazole rings is 1. The number of aryl methyl sites for hydroxylation is 1. The van der Waals surface area contributed by atoms with Gasteiger partial charge in [-0.2, -0.15) is 5.21 Å². The summed E-state index contributed by atoms with van der Waals surface area (Å²) in [5.74, 6) is 0.0213. The van der Waals surface area contributed by atoms with Gasteiger partial charge in [0, 0.05) is 0 Å². The molecule has 19 heavy (non-hydrogen) atoms. The van der Waals surface area contributed by atoms with Gasteiger partial charge in [-0.1, -0.05) is 11.6 Å². The summed E-state index contributed by atoms with van der Waals surface area (Å²) in [6, 6.07) is 1.60. The van der Waals surface area contributed by atoms with Crippen molar-refractivity contribution in [2.75, 3.05) is 0 Å². The van der Waals surface area contributed by atoms with E-state index >= 15 is 0 Å². The van der Waals surface area contributed by atoms with E-state index in [2.05, 4.69) is 20.6 Å². The van der Waals surface area contributed by atoms with Crippen molar-refractivity contribution in [1.29, 1.82) is 0 Å². The number of nitrogens with one attached hydrogen (secondary N) is 1. The van der Waals surface area contributed by atoms with Crippen LogP contribution in [0, 0.1) is 5.82 Å². The predicted molar refractivity (Wildman–Crippen MR) is 67.6 cm³/mol. The van der Waals surface area contributed by atoms with E-state index in [1.807, 2.05) is 13.8 Å². The molecule has 7 heteroatoms. The van der Waals surface area contributed by atoms with Gasteiger partial charge in [-0.25, -0.2) is 4.39 Å². The van der Waals surface area contributed by atoms with E-state index in [1.165, 1.54) is 0 Å². The third kappa shape index (κ3) is 2.06. The van der Waals surface area contributed by atoms with Gasteiger partial charge >= 0.3 is 0 Å². The Morgan fingerprint density at radius 2 is 2.26 bits per heavy atom. The van der Waals surface area contributed by atoms with Gasteiger partial charge in [-0.3, -0.25) is 0 Å². The van der Waals surface area contributed by atoms with Crippen molar-refractivity contribution in [2.45, 2.75) is 32.3 Å². The summed E-state index contributed by atoms with van der Waals surface area (Å²) >= 11 is 5.92. The van der Waals surface area contributed by atoms with Crippen LogP contribution in [0.5, 0.6) is 5.75 Å². The van der Waals surface area contributed by atoms with Gasteiger partial charge in [0.15, 0.2) is 5.82 Å². The maximum atomic E-state index is 14.3. The van der Waals surface area contributed by atoms with Crippen molar-refractivity contribution >= 4 is 11.6 Å². The van der Waals surface area contributed by atoms with Crippen molar-refractivity contribution in [2.24, 2.45) is 0 Å². The second-order valence-corrected chi connectivity index (χ2v) is 5.54. The van der Waals surface area contributed by atoms with Crippen LogP contribution in [0.2, 0.25) is 5.02 Å². The fourth-order valence-electron chi connectivity index (χ4n) is 2.19. The lowest BCUT2D eigenvalue weighted by atomic mass is 9.92. The Balaban J connectivity index is 2.25. The van der Waals surface area contributed by atoms with E-state index in [9.17, 15) is 4.39 Å². The van der Waals surface area contributed by atoms with Gasteiger partial charge in [-0.05, 0) is 43.5 Å². The smallest absolute Gasteiger partial charge is 0.211 e. The second-order valence-electron chi connectivity index (χ2n) is 5.13. The molecule has 0 aliphatic carbocycles. The van der Waals surface area contributed by atoms with Crippen LogP contribution in [-0.4, -0.2) is 26.2 Å². The summed E-state index contributed by atoms with van der Waals surface area (Å²) < 4.78 is 20.2. The topological polar surface area (TPSA) is 63.7 Å². The molecule has 1 aliphatic heterocycles. The monoisotopic (exact) mass is 282 g/mol. The molecule has 0 radical (unpaired) electrons. The molecule has 0 unspecified atom stereocenters. The average Bonchev–Trinajstić information content (AvgIpc) is 2.84. The number of rotatable bonds is 1. The minimum Gasteiger partial charge on any atom is -0.487 e. The first-order valence-electron chi connectivity index (χ1n) is 5.92. The summed E-state index contributed by atoms with van der Waals surface area (Å²) in [4.78, 5) is 0. The number of fused-ring (bicyclic) bond motifs is 1. The van der Waals surface area contributed by atoms with Crippen molar-refractivity contribution in [3.8, 4) is 17.1 Å². The number of H-pyrrole nitrogens is 1. The minimum atomic E-state index is -0.584. The lowest BCUT2D eigenvalue weighted by molar-refractivity contribution is 0.0850. The Kier molecular flexibility index (Phi) is 2.70. The Morgan fingerprint density at radius 1 is 1.47 bits per heavy atom. The molecule has 5 nitrogen and oxygen atoms in total. The van der Waals surface area contributed by atoms with Gasteiger partial charge in [0.05, 0.1) is 5.02 Å². The molecule has 100 valence electrons. The molecule has 3 rings (SSSR count). The van der Waals surface area contributed by atoms with E-state index in [4.69, 9.17) is 16.3 Å². The molecule has 1 N–H and O–H groups in total. The third-order valence-electron chi connectivity index (χ3n) is 3.19. The van der Waals surface area contributed by atoms with E-state index in [1.54, 1.807) is 6.07 Å². The SMILES string of the molecule is CC1(C)CCc2cc(Cl)c(F)c(-c3nn[nH]n3)c2O1. The number of hydrogen-bond acceptors (Lipinski definition) is 4. The molecule has 0 atom stereocenters. The summed E-state index contributed by atoms with van der Waals surface area (Å²) in [7, 11) is 0. The molecule has 2 heterocycles. The van der Waals surface area contributed by atoms with E-state index in [0.29, 0.717) is 5.75 Å². The highest BCUT2D eigenvalue weighted by atomic mass is 35.5. The molecule has 0 amide bonds. The number of aromatic nitrogens is 4. The summed E-state index contributed by atoms with van der Waals surface area (Å²) in [6.45, 7) is 3.92. The molecule has 0 saturated heterocycles. The quantitative estimate of drug-likeness (QED) is 0.873. The zero-order valence-electron chi connectivity index (χ0n) is 10.5. The largest absolute Gasteiger partial charge is 0.487 e. The van der Waals surface area contributed by atoms with Crippen LogP contribution in [0.1, 0.15) is 25.8 Å². The Labute approximate surface area is 114 Å². The van der Waals surface area contributed by atoms with Crippen molar-refractivity contribution in [3.63, 3.8) is 0 Å². The normalized spacial score (nSPS) is 16.8. The van der Waals surface area contributed by atoms with E-state index in [-0.39, 0.29) is 22.0 Å². The fraction of sp³-hybridized carbons (Fsp3) is 0.417. The molecule has 0 fully saturated rings. The van der Waals surface area contributed by atoms with Crippen LogP contribution in [-0.2, 0) is 6.42 Å². The fourth-order valence-corrected chi connectivity index (χ4v) is 2.42. The highest BCUT2D eigenvalue weighted by Gasteiger charge is 2.32. The van der Waals surface area contributed by atoms with Crippen LogP contribution in [0.3, 0.4) is 0 Å². The summed E-state index contributed by atoms with van der Waals surface area (Å²) in [5.41, 5.74) is 0.681. The zero-order valence-corrected chi connectivity index (χ0v) is 11.3. The standard InChI is InChI=1S/C12H12ClFN4O/c1-12(2)4-3-6-5-7(13)9(14)8(10(6)19-12)11-15-17-18-16-11/h5H,3-4H2,1-2H3,(H,15,16,17,18). The average molecular weight is 283 g/mol. The summed E-state index contributed by atoms with van der Waals surface area (Å²) in [6.07, 6.45) is 1.61. The highest BCUT2D eigenvalue weighted by molar-refractivity contribution is 6.31. The van der Waals surface area contributed by atoms with E-state index in [0.717, 1.165) is 18.4 Å². The van der Waals surface area contributed by atoms with Crippen molar-refractivity contribution < 1.29 is 9.13 Å². The van der Waals surface area contributed by atoms with Crippen molar-refractivity contribution in [3.05, 3.63) is 22.5 Å². The Hall–Kier alpha value is -1.69. The molecule has 1 aliphatic rings. The van der Waals surface area contributed by atoms with Gasteiger partial charge in [-0.15, -0.1) is 10.2 Å². The molecule has 2 aromatic rings. The highest BCUT2D eigenvalue weighted by Crippen LogP contribution is 2.43. The number of ether oxygens (including phenoxy) is 1. The maximum Gasteiger partial charge on any atom is 0.211 e. The first kappa shape index (κ1) is 12.3. The molecular weight excluding hydrogens is 271 g/mol. The number of nitrogens with zero attached hydrogens (tertiary/aromatic N) is 3. The van der Waals surface area contributed by atoms with Crippen LogP contribution in [0.4, 0.5) is 4.39 Å². The van der Waals surface area contributed by atoms with Gasteiger partial charge in [0.2, 0.25) is 5.82 Å². The first-order chi connectivity index (χ1) is 8.98. The second kappa shape index (κ2) is 4.16. The number of benzene rings is 1. The minimum absolute atomic E-state index is 0.0434. The van der Waals surface area contributed by atoms with Crippen LogP contribution in [0.25, 0.3) is 11.4 Å². The van der Waals surface area contributed by atoms with Crippen LogP contribution in [0.15, 0.2) is 6.07 Å². The Morgan fingerprint density at radius 3 is 2.95 bits per heavy atom. The maximum absolute atomic E-state index is 14.3. The van der Waals surface area contributed by atoms with Gasteiger partial charge in [0.1, 0.15) is 16.9 Å². The Bertz CT molecular complexity index is 627. The third-order valence-corrected chi connectivity index (χ3v) is 3.47. The van der Waals surface area contributed by atoms with Gasteiger partial charge in [0.25, 0.3) is 0 Å². The lowest BCUT2D eigenvalue weighted by Crippen LogP contribution is -2.33. The van der Waals surface area contributed by atoms with Crippen LogP contribution >= 0.6 is 11.6 Å². The van der Waals surface area contributed by atoms with Gasteiger partial charge < -0.3 is 4.74 Å². The molecule has 0 saturated carbocycles. The summed E-state index contributed by atoms with van der Waals surface area (Å²) in [5, 5.41) is 13.4. The first-order valence-corrected chi connectivity index (χ1v) is 6.29. The van der Waals surface area contributed by atoms with Crippen LogP contribution < -0.4 is 4.74 Å². The molecule has 0 bridgehead atoms. The van der Waals surface area contributed by atoms with Crippen molar-refractivity contribution in [1.82, 2.24) is 20.6 Å². The zero-order chi connectivity index (χ0) is 13.6. The number of aromatic amines is 1.